The third-order valence-corrected chi connectivity index (χ3v) is 13.5. The monoisotopic (exact) mass is 909 g/mol. The molecule has 1 fully saturated rings. The third-order valence-electron chi connectivity index (χ3n) is 13.5. The van der Waals surface area contributed by atoms with E-state index >= 15 is 0 Å². The van der Waals surface area contributed by atoms with Crippen LogP contribution >= 0.6 is 0 Å². The number of rotatable bonds is 21. The van der Waals surface area contributed by atoms with Crippen LogP contribution in [-0.4, -0.2) is 77.5 Å². The van der Waals surface area contributed by atoms with Gasteiger partial charge in [-0.15, -0.1) is 6.58 Å². The molecule has 8 rings (SSSR count). The number of methoxy groups -OCH3 is 1. The molecule has 1 heterocycles. The maximum Gasteiger partial charge on any atom is 0.269 e. The van der Waals surface area contributed by atoms with Gasteiger partial charge in [-0.05, 0) is 120 Å². The number of likely N-dealkylation sites (N-methyl/N-ethyl adjacent to an activating group) is 1. The normalized spacial score (nSPS) is 22.2. The topological polar surface area (TPSA) is 162 Å². The van der Waals surface area contributed by atoms with E-state index in [1.807, 2.05) is 66.7 Å². The highest BCUT2D eigenvalue weighted by Crippen LogP contribution is 2.62. The molecule has 1 amide bonds. The molecule has 13 nitrogen and oxygen atoms in total. The van der Waals surface area contributed by atoms with Gasteiger partial charge in [0.05, 0.1) is 36.7 Å². The van der Waals surface area contributed by atoms with Crippen LogP contribution in [0.2, 0.25) is 0 Å². The number of hydrogen-bond donors (Lipinski definition) is 2. The minimum absolute atomic E-state index is 0.0167. The Morgan fingerprint density at radius 1 is 0.896 bits per heavy atom. The summed E-state index contributed by atoms with van der Waals surface area (Å²) < 4.78 is 26.5. The van der Waals surface area contributed by atoms with E-state index in [0.717, 1.165) is 53.2 Å². The molecule has 13 heteroatoms. The average Bonchev–Trinajstić information content (AvgIpc) is 3.34. The van der Waals surface area contributed by atoms with E-state index in [9.17, 15) is 25.1 Å². The first-order chi connectivity index (χ1) is 32.7. The number of nitrogens with zero attached hydrogens (tertiary/aromatic N) is 3. The number of nitro groups is 1. The lowest BCUT2D eigenvalue weighted by atomic mass is 9.55. The van der Waals surface area contributed by atoms with Crippen LogP contribution in [0.25, 0.3) is 10.8 Å². The van der Waals surface area contributed by atoms with Crippen LogP contribution in [-0.2, 0) is 27.4 Å². The molecule has 0 spiro atoms. The molecule has 350 valence electrons. The Bertz CT molecular complexity index is 2610. The Kier molecular flexibility index (Phi) is 15.0. The Balaban J connectivity index is 1.28. The summed E-state index contributed by atoms with van der Waals surface area (Å²) in [5, 5.41) is 38.4. The van der Waals surface area contributed by atoms with Gasteiger partial charge in [-0.25, -0.2) is 0 Å². The molecule has 6 atom stereocenters. The zero-order valence-corrected chi connectivity index (χ0v) is 38.1. The lowest BCUT2D eigenvalue weighted by Gasteiger charge is -2.59. The number of ether oxygens (including phenoxy) is 4. The average molecular weight is 910 g/mol. The van der Waals surface area contributed by atoms with Crippen LogP contribution < -0.4 is 14.2 Å². The summed E-state index contributed by atoms with van der Waals surface area (Å²) in [5.74, 6) is 0.269. The Morgan fingerprint density at radius 3 is 2.39 bits per heavy atom. The standard InChI is InChI=1S/C54H59N3O10/c1-4-28-64-54-50(56(2)51(60)30-37-12-11-16-42(29-37)63-3)34-48(55-65-35-36-18-21-41(22-19-36)57(61)62)46-32-40(15-7-9-26-58)45(17-8-10-27-59)52(53(46)54)47-33-44(24-25-49(47)67-54)66-43-23-20-38-13-5-6-14-39(38)31-43/h4-6,11-14,16,18-25,29,31-33,40,45,50,52-53,58-59H,1,7-10,15,17,26-28,30,34-35H2,2-3H3/t40-,45+,50-,52+,53+,54+/m0/s1. The van der Waals surface area contributed by atoms with E-state index < -0.39 is 22.7 Å². The second kappa shape index (κ2) is 21.4. The van der Waals surface area contributed by atoms with Crippen LogP contribution in [0.3, 0.4) is 0 Å². The molecule has 67 heavy (non-hydrogen) atoms. The highest BCUT2D eigenvalue weighted by Gasteiger charge is 2.65. The minimum Gasteiger partial charge on any atom is -0.497 e. The second-order valence-electron chi connectivity index (χ2n) is 17.6. The lowest BCUT2D eigenvalue weighted by Crippen LogP contribution is -2.69. The number of carbonyl (C=O) groups is 1. The van der Waals surface area contributed by atoms with Crippen molar-refractivity contribution in [3.8, 4) is 23.0 Å². The van der Waals surface area contributed by atoms with Gasteiger partial charge in [-0.2, -0.15) is 0 Å². The van der Waals surface area contributed by atoms with Gasteiger partial charge in [0.2, 0.25) is 11.7 Å². The number of allylic oxidation sites excluding steroid dienone is 1. The fraction of sp³-hybridized carbons (Fsp3) is 0.370. The van der Waals surface area contributed by atoms with Gasteiger partial charge in [0.25, 0.3) is 5.69 Å². The number of amides is 1. The first kappa shape index (κ1) is 47.0. The van der Waals surface area contributed by atoms with Crippen LogP contribution in [0.5, 0.6) is 23.0 Å². The van der Waals surface area contributed by atoms with E-state index in [0.29, 0.717) is 47.1 Å². The van der Waals surface area contributed by atoms with Crippen LogP contribution in [0.15, 0.2) is 139 Å². The highest BCUT2D eigenvalue weighted by molar-refractivity contribution is 6.03. The number of unbranched alkanes of at least 4 members (excludes halogenated alkanes) is 2. The predicted octanol–water partition coefficient (Wildman–Crippen LogP) is 10.1. The van der Waals surface area contributed by atoms with Gasteiger partial charge in [0.15, 0.2) is 0 Å². The van der Waals surface area contributed by atoms with Crippen molar-refractivity contribution in [2.75, 3.05) is 34.0 Å². The molecular weight excluding hydrogens is 851 g/mol. The Hall–Kier alpha value is -6.54. The number of aliphatic hydroxyl groups is 2. The van der Waals surface area contributed by atoms with E-state index in [1.165, 1.54) is 12.1 Å². The first-order valence-corrected chi connectivity index (χ1v) is 23.1. The number of nitro benzene ring substituents is 1. The van der Waals surface area contributed by atoms with E-state index in [-0.39, 0.29) is 68.6 Å². The van der Waals surface area contributed by atoms with Gasteiger partial charge in [-0.1, -0.05) is 72.6 Å². The summed E-state index contributed by atoms with van der Waals surface area (Å²) in [6, 6.07) is 33.0. The molecule has 0 aromatic heterocycles. The van der Waals surface area contributed by atoms with Crippen LogP contribution in [0, 0.1) is 27.9 Å². The number of non-ortho nitro benzene ring substituents is 1. The summed E-state index contributed by atoms with van der Waals surface area (Å²) in [7, 11) is 3.38. The largest absolute Gasteiger partial charge is 0.497 e. The van der Waals surface area contributed by atoms with E-state index in [1.54, 1.807) is 37.3 Å². The number of fused-ring (bicyclic) bond motifs is 3. The van der Waals surface area contributed by atoms with Crippen molar-refractivity contribution in [2.24, 2.45) is 22.9 Å². The molecule has 3 aliphatic rings. The van der Waals surface area contributed by atoms with Crippen molar-refractivity contribution in [1.82, 2.24) is 4.90 Å². The summed E-state index contributed by atoms with van der Waals surface area (Å²) in [5.41, 5.74) is 3.93. The SMILES string of the molecule is C=CCO[C@@]12Oc3ccc(Oc4ccc5ccccc5c4)cc3[C@H]3[C@H](CCCCO)[C@@H](CCCCO)C=C(C(=NOCc4ccc([N+](=O)[O-])cc4)C[C@@H]1N(C)C(=O)Cc1cccc(OC)c1)[C@H]32. The molecule has 0 bridgehead atoms. The molecule has 2 aliphatic carbocycles. The fourth-order valence-electron chi connectivity index (χ4n) is 10.3. The summed E-state index contributed by atoms with van der Waals surface area (Å²) in [6.07, 6.45) is 8.70. The lowest BCUT2D eigenvalue weighted by molar-refractivity contribution is -0.384. The van der Waals surface area contributed by atoms with Crippen molar-refractivity contribution in [2.45, 2.75) is 75.7 Å². The van der Waals surface area contributed by atoms with Crippen molar-refractivity contribution >= 4 is 28.1 Å². The van der Waals surface area contributed by atoms with Crippen LogP contribution in [0.4, 0.5) is 5.69 Å². The molecule has 1 saturated carbocycles. The number of benzene rings is 5. The molecule has 0 unspecified atom stereocenters. The van der Waals surface area contributed by atoms with Crippen molar-refractivity contribution in [1.29, 1.82) is 0 Å². The van der Waals surface area contributed by atoms with Crippen molar-refractivity contribution < 1.29 is 43.7 Å². The number of hydrogen-bond acceptors (Lipinski definition) is 11. The van der Waals surface area contributed by atoms with Crippen molar-refractivity contribution in [3.63, 3.8) is 0 Å². The molecule has 2 N–H and O–H groups in total. The van der Waals surface area contributed by atoms with E-state index in [4.69, 9.17) is 28.9 Å². The van der Waals surface area contributed by atoms with Gasteiger partial charge in [0.1, 0.15) is 35.6 Å². The molecule has 5 aromatic rings. The molecule has 0 saturated heterocycles. The summed E-state index contributed by atoms with van der Waals surface area (Å²) in [4.78, 5) is 33.5. The molecule has 0 radical (unpaired) electrons. The maximum absolute atomic E-state index is 14.7. The van der Waals surface area contributed by atoms with Gasteiger partial charge < -0.3 is 38.9 Å². The smallest absolute Gasteiger partial charge is 0.269 e. The maximum atomic E-state index is 14.7. The van der Waals surface area contributed by atoms with Gasteiger partial charge in [-0.3, -0.25) is 14.9 Å². The fourth-order valence-corrected chi connectivity index (χ4v) is 10.3. The quantitative estimate of drug-likeness (QED) is 0.0314. The number of oxime groups is 1. The van der Waals surface area contributed by atoms with Crippen LogP contribution in [0.1, 0.15) is 67.6 Å². The summed E-state index contributed by atoms with van der Waals surface area (Å²) >= 11 is 0. The zero-order valence-electron chi connectivity index (χ0n) is 38.1. The van der Waals surface area contributed by atoms with Gasteiger partial charge >= 0.3 is 0 Å². The van der Waals surface area contributed by atoms with Crippen molar-refractivity contribution in [3.05, 3.63) is 160 Å². The second-order valence-corrected chi connectivity index (χ2v) is 17.6. The van der Waals surface area contributed by atoms with Gasteiger partial charge in [0, 0.05) is 50.3 Å². The summed E-state index contributed by atoms with van der Waals surface area (Å²) in [6.45, 7) is 4.36. The highest BCUT2D eigenvalue weighted by atomic mass is 16.7. The molecule has 1 aliphatic heterocycles. The third kappa shape index (κ3) is 10.2. The van der Waals surface area contributed by atoms with E-state index in [2.05, 4.69) is 30.9 Å². The number of carbonyl (C=O) groups excluding carboxylic acids is 1. The Labute approximate surface area is 391 Å². The minimum atomic E-state index is -1.43. The predicted molar refractivity (Wildman–Crippen MR) is 256 cm³/mol. The zero-order chi connectivity index (χ0) is 46.9. The first-order valence-electron chi connectivity index (χ1n) is 23.1. The molecule has 5 aromatic carbocycles. The molecular formula is C54H59N3O10. The Morgan fingerprint density at radius 2 is 1.64 bits per heavy atom. The number of aliphatic hydroxyl groups excluding tert-OH is 2.